The van der Waals surface area contributed by atoms with Crippen molar-refractivity contribution in [3.05, 3.63) is 0 Å². The first-order valence-corrected chi connectivity index (χ1v) is 4.95. The lowest BCUT2D eigenvalue weighted by molar-refractivity contribution is -0.185. The van der Waals surface area contributed by atoms with E-state index in [1.165, 1.54) is 13.8 Å². The molecule has 1 heterocycles. The Kier molecular flexibility index (Phi) is 4.08. The fourth-order valence-corrected chi connectivity index (χ4v) is 1.57. The van der Waals surface area contributed by atoms with Gasteiger partial charge in [0.1, 0.15) is 6.10 Å². The Hall–Kier alpha value is -1.10. The Morgan fingerprint density at radius 1 is 1.13 bits per heavy atom. The van der Waals surface area contributed by atoms with E-state index in [9.17, 15) is 9.59 Å². The zero-order valence-electron chi connectivity index (χ0n) is 9.19. The number of carbonyl (C=O) groups is 2. The van der Waals surface area contributed by atoms with Crippen molar-refractivity contribution in [2.75, 3.05) is 6.61 Å². The Bertz CT molecular complexity index is 250. The van der Waals surface area contributed by atoms with E-state index < -0.39 is 18.2 Å². The zero-order chi connectivity index (χ0) is 11.4. The minimum Gasteiger partial charge on any atom is -0.458 e. The molecule has 0 aliphatic carbocycles. The van der Waals surface area contributed by atoms with Gasteiger partial charge in [-0.25, -0.2) is 0 Å². The Labute approximate surface area is 88.7 Å². The molecule has 0 spiro atoms. The molecule has 1 aliphatic heterocycles. The van der Waals surface area contributed by atoms with Crippen molar-refractivity contribution in [1.29, 1.82) is 0 Å². The van der Waals surface area contributed by atoms with Crippen LogP contribution < -0.4 is 0 Å². The van der Waals surface area contributed by atoms with Crippen molar-refractivity contribution in [3.8, 4) is 0 Å². The first kappa shape index (κ1) is 12.0. The number of hydrogen-bond acceptors (Lipinski definition) is 5. The van der Waals surface area contributed by atoms with Crippen molar-refractivity contribution < 1.29 is 23.8 Å². The highest BCUT2D eigenvalue weighted by atomic mass is 16.6. The third-order valence-electron chi connectivity index (χ3n) is 2.16. The quantitative estimate of drug-likeness (QED) is 0.634. The monoisotopic (exact) mass is 216 g/mol. The second kappa shape index (κ2) is 5.11. The Morgan fingerprint density at radius 2 is 1.67 bits per heavy atom. The van der Waals surface area contributed by atoms with E-state index in [0.29, 0.717) is 6.42 Å². The number of hydrogen-bond donors (Lipinski definition) is 0. The summed E-state index contributed by atoms with van der Waals surface area (Å²) in [7, 11) is 0. The van der Waals surface area contributed by atoms with Crippen LogP contribution >= 0.6 is 0 Å². The molecule has 3 atom stereocenters. The van der Waals surface area contributed by atoms with Gasteiger partial charge in [0.15, 0.2) is 6.10 Å². The smallest absolute Gasteiger partial charge is 0.303 e. The molecule has 1 fully saturated rings. The fraction of sp³-hybridized carbons (Fsp3) is 0.800. The average Bonchev–Trinajstić information content (AvgIpc) is 2.08. The summed E-state index contributed by atoms with van der Waals surface area (Å²) in [6.07, 6.45) is -0.309. The predicted octanol–water partition coefficient (Wildman–Crippen LogP) is 0.659. The van der Waals surface area contributed by atoms with Crippen molar-refractivity contribution in [2.45, 2.75) is 45.5 Å². The number of esters is 2. The van der Waals surface area contributed by atoms with Crippen molar-refractivity contribution >= 4 is 11.9 Å². The van der Waals surface area contributed by atoms with Gasteiger partial charge in [-0.2, -0.15) is 0 Å². The molecule has 1 aliphatic rings. The Morgan fingerprint density at radius 3 is 2.20 bits per heavy atom. The van der Waals surface area contributed by atoms with Crippen LogP contribution in [0.1, 0.15) is 27.2 Å². The molecular weight excluding hydrogens is 200 g/mol. The van der Waals surface area contributed by atoms with Crippen LogP contribution in [0.5, 0.6) is 0 Å². The predicted molar refractivity (Wildman–Crippen MR) is 51.1 cm³/mol. The molecule has 0 aromatic heterocycles. The molecule has 0 saturated carbocycles. The molecule has 0 bridgehead atoms. The molecule has 0 unspecified atom stereocenters. The van der Waals surface area contributed by atoms with E-state index in [4.69, 9.17) is 14.2 Å². The first-order chi connectivity index (χ1) is 6.99. The first-order valence-electron chi connectivity index (χ1n) is 4.95. The van der Waals surface area contributed by atoms with Gasteiger partial charge in [-0.05, 0) is 6.92 Å². The van der Waals surface area contributed by atoms with E-state index in [0.717, 1.165) is 0 Å². The second-order valence-electron chi connectivity index (χ2n) is 3.68. The molecule has 0 N–H and O–H groups in total. The lowest BCUT2D eigenvalue weighted by atomic mass is 10.0. The minimum absolute atomic E-state index is 0.0150. The van der Waals surface area contributed by atoms with Crippen LogP contribution in [0, 0.1) is 0 Å². The maximum atomic E-state index is 10.8. The largest absolute Gasteiger partial charge is 0.458 e. The van der Waals surface area contributed by atoms with E-state index >= 15 is 0 Å². The van der Waals surface area contributed by atoms with E-state index in [1.807, 2.05) is 6.92 Å². The number of ether oxygens (including phenoxy) is 3. The second-order valence-corrected chi connectivity index (χ2v) is 3.68. The van der Waals surface area contributed by atoms with Crippen LogP contribution in [-0.4, -0.2) is 36.9 Å². The van der Waals surface area contributed by atoms with Crippen molar-refractivity contribution in [1.82, 2.24) is 0 Å². The summed E-state index contributed by atoms with van der Waals surface area (Å²) in [5, 5.41) is 0. The lowest BCUT2D eigenvalue weighted by Crippen LogP contribution is -2.45. The van der Waals surface area contributed by atoms with Crippen LogP contribution in [-0.2, 0) is 23.8 Å². The maximum absolute atomic E-state index is 10.8. The molecule has 15 heavy (non-hydrogen) atoms. The molecule has 0 radical (unpaired) electrons. The molecule has 5 heteroatoms. The van der Waals surface area contributed by atoms with Gasteiger partial charge < -0.3 is 14.2 Å². The summed E-state index contributed by atoms with van der Waals surface area (Å²) in [5.74, 6) is -0.762. The lowest BCUT2D eigenvalue weighted by Gasteiger charge is -2.33. The average molecular weight is 216 g/mol. The van der Waals surface area contributed by atoms with Gasteiger partial charge in [-0.3, -0.25) is 9.59 Å². The third-order valence-corrected chi connectivity index (χ3v) is 2.16. The van der Waals surface area contributed by atoms with Crippen LogP contribution in [0.3, 0.4) is 0 Å². The molecule has 0 amide bonds. The van der Waals surface area contributed by atoms with E-state index in [-0.39, 0.29) is 18.7 Å². The zero-order valence-corrected chi connectivity index (χ0v) is 9.19. The summed E-state index contributed by atoms with van der Waals surface area (Å²) in [6, 6.07) is 0. The minimum atomic E-state index is -0.484. The topological polar surface area (TPSA) is 61.8 Å². The molecule has 0 aromatic rings. The van der Waals surface area contributed by atoms with Gasteiger partial charge in [0.05, 0.1) is 12.7 Å². The fourth-order valence-electron chi connectivity index (χ4n) is 1.57. The molecule has 0 aromatic carbocycles. The van der Waals surface area contributed by atoms with Crippen molar-refractivity contribution in [3.63, 3.8) is 0 Å². The summed E-state index contributed by atoms with van der Waals surface area (Å²) in [5.41, 5.74) is 0. The van der Waals surface area contributed by atoms with Crippen LogP contribution in [0.4, 0.5) is 0 Å². The highest BCUT2D eigenvalue weighted by Crippen LogP contribution is 2.20. The van der Waals surface area contributed by atoms with Crippen LogP contribution in [0.15, 0.2) is 0 Å². The SMILES string of the molecule is CC(=O)O[C@H]1CO[C@@H](C)C[C@H]1OC(C)=O. The van der Waals surface area contributed by atoms with E-state index in [1.54, 1.807) is 0 Å². The molecule has 5 nitrogen and oxygen atoms in total. The molecule has 1 rings (SSSR count). The van der Waals surface area contributed by atoms with E-state index in [2.05, 4.69) is 0 Å². The summed E-state index contributed by atoms with van der Waals surface area (Å²) in [6.45, 7) is 4.83. The molecular formula is C10H16O5. The summed E-state index contributed by atoms with van der Waals surface area (Å²) >= 11 is 0. The number of rotatable bonds is 2. The molecule has 1 saturated heterocycles. The van der Waals surface area contributed by atoms with Gasteiger partial charge in [-0.1, -0.05) is 0 Å². The summed E-state index contributed by atoms with van der Waals surface area (Å²) in [4.78, 5) is 21.7. The Balaban J connectivity index is 2.57. The highest BCUT2D eigenvalue weighted by Gasteiger charge is 2.33. The van der Waals surface area contributed by atoms with Crippen LogP contribution in [0.2, 0.25) is 0 Å². The summed E-state index contributed by atoms with van der Waals surface area (Å²) < 4.78 is 15.4. The van der Waals surface area contributed by atoms with Crippen LogP contribution in [0.25, 0.3) is 0 Å². The van der Waals surface area contributed by atoms with Gasteiger partial charge in [0, 0.05) is 20.3 Å². The van der Waals surface area contributed by atoms with Crippen molar-refractivity contribution in [2.24, 2.45) is 0 Å². The van der Waals surface area contributed by atoms with Gasteiger partial charge in [-0.15, -0.1) is 0 Å². The maximum Gasteiger partial charge on any atom is 0.303 e. The van der Waals surface area contributed by atoms with Gasteiger partial charge in [0.2, 0.25) is 0 Å². The third kappa shape index (κ3) is 3.87. The standard InChI is InChI=1S/C10H16O5/c1-6-4-9(14-7(2)11)10(5-13-6)15-8(3)12/h6,9-10H,4-5H2,1-3H3/t6-,9+,10-/m0/s1. The van der Waals surface area contributed by atoms with Gasteiger partial charge in [0.25, 0.3) is 0 Å². The number of carbonyl (C=O) groups excluding carboxylic acids is 2. The molecule has 86 valence electrons. The van der Waals surface area contributed by atoms with Gasteiger partial charge >= 0.3 is 11.9 Å². The highest BCUT2D eigenvalue weighted by molar-refractivity contribution is 5.67. The normalized spacial score (nSPS) is 30.7.